The minimum atomic E-state index is -0.965. The normalized spacial score (nSPS) is 29.8. The molecule has 5 heteroatoms. The Balaban J connectivity index is 1.94. The summed E-state index contributed by atoms with van der Waals surface area (Å²) in [7, 11) is 0. The molecule has 5 nitrogen and oxygen atoms in total. The van der Waals surface area contributed by atoms with E-state index in [4.69, 9.17) is 4.74 Å². The number of nitrogens with zero attached hydrogens (tertiary/aromatic N) is 2. The Labute approximate surface area is 117 Å². The molecular weight excluding hydrogens is 256 g/mol. The van der Waals surface area contributed by atoms with E-state index in [0.717, 1.165) is 16.8 Å². The molecule has 1 saturated heterocycles. The van der Waals surface area contributed by atoms with E-state index in [-0.39, 0.29) is 0 Å². The Morgan fingerprint density at radius 3 is 2.45 bits per heavy atom. The molecule has 1 aliphatic heterocycles. The molecule has 0 bridgehead atoms. The SMILES string of the molecule is Cc1cn([C@@H]2O[C@@H](C)[C@@H](O)[C@H]2O)nc1-c1ccccc1. The van der Waals surface area contributed by atoms with Gasteiger partial charge in [-0.2, -0.15) is 5.10 Å². The third-order valence-electron chi connectivity index (χ3n) is 3.70. The lowest BCUT2D eigenvalue weighted by molar-refractivity contribution is -0.0396. The molecule has 20 heavy (non-hydrogen) atoms. The quantitative estimate of drug-likeness (QED) is 0.871. The van der Waals surface area contributed by atoms with Gasteiger partial charge in [0.1, 0.15) is 12.2 Å². The van der Waals surface area contributed by atoms with Crippen LogP contribution in [0.25, 0.3) is 11.3 Å². The van der Waals surface area contributed by atoms with Crippen LogP contribution in [0.2, 0.25) is 0 Å². The average molecular weight is 274 g/mol. The standard InChI is InChI=1S/C15H18N2O3/c1-9-8-17(15-14(19)13(18)10(2)20-15)16-12(9)11-6-4-3-5-7-11/h3-8,10,13-15,18-19H,1-2H3/t10-,13+,14+,15+/m0/s1. The number of aromatic nitrogens is 2. The van der Waals surface area contributed by atoms with Gasteiger partial charge in [-0.05, 0) is 19.4 Å². The van der Waals surface area contributed by atoms with Crippen molar-refractivity contribution >= 4 is 0 Å². The lowest BCUT2D eigenvalue weighted by Gasteiger charge is -2.14. The Bertz CT molecular complexity index is 596. The topological polar surface area (TPSA) is 67.5 Å². The molecule has 2 aromatic rings. The molecule has 106 valence electrons. The van der Waals surface area contributed by atoms with Crippen molar-refractivity contribution in [3.63, 3.8) is 0 Å². The molecule has 0 unspecified atom stereocenters. The zero-order valence-corrected chi connectivity index (χ0v) is 11.5. The highest BCUT2D eigenvalue weighted by atomic mass is 16.6. The fourth-order valence-electron chi connectivity index (χ4n) is 2.54. The molecule has 3 rings (SSSR count). The van der Waals surface area contributed by atoms with Crippen molar-refractivity contribution in [2.24, 2.45) is 0 Å². The van der Waals surface area contributed by atoms with Crippen LogP contribution in [0, 0.1) is 6.92 Å². The van der Waals surface area contributed by atoms with Gasteiger partial charge >= 0.3 is 0 Å². The van der Waals surface area contributed by atoms with Crippen LogP contribution in [-0.4, -0.2) is 38.3 Å². The minimum absolute atomic E-state index is 0.403. The van der Waals surface area contributed by atoms with Gasteiger partial charge in [0.05, 0.1) is 11.8 Å². The summed E-state index contributed by atoms with van der Waals surface area (Å²) >= 11 is 0. The average Bonchev–Trinajstić information content (AvgIpc) is 2.96. The molecule has 0 spiro atoms. The summed E-state index contributed by atoms with van der Waals surface area (Å²) < 4.78 is 7.17. The third kappa shape index (κ3) is 2.14. The summed E-state index contributed by atoms with van der Waals surface area (Å²) in [6.07, 6.45) is -1.06. The molecule has 1 aromatic carbocycles. The number of aliphatic hydroxyl groups is 2. The number of ether oxygens (including phenoxy) is 1. The van der Waals surface area contributed by atoms with Gasteiger partial charge in [0, 0.05) is 11.8 Å². The van der Waals surface area contributed by atoms with Crippen molar-refractivity contribution in [1.82, 2.24) is 9.78 Å². The van der Waals surface area contributed by atoms with Crippen LogP contribution >= 0.6 is 0 Å². The predicted octanol–water partition coefficient (Wildman–Crippen LogP) is 1.50. The van der Waals surface area contributed by atoms with Gasteiger partial charge in [-0.3, -0.25) is 0 Å². The first kappa shape index (κ1) is 13.3. The van der Waals surface area contributed by atoms with Gasteiger partial charge in [-0.15, -0.1) is 0 Å². The number of aliphatic hydroxyl groups excluding tert-OH is 2. The number of aryl methyl sites for hydroxylation is 1. The first-order valence-electron chi connectivity index (χ1n) is 6.70. The maximum Gasteiger partial charge on any atom is 0.178 e. The molecule has 1 aliphatic rings. The van der Waals surface area contributed by atoms with E-state index in [2.05, 4.69) is 5.10 Å². The number of rotatable bonds is 2. The van der Waals surface area contributed by atoms with Crippen LogP contribution in [0.5, 0.6) is 0 Å². The fourth-order valence-corrected chi connectivity index (χ4v) is 2.54. The monoisotopic (exact) mass is 274 g/mol. The molecule has 0 aliphatic carbocycles. The van der Waals surface area contributed by atoms with Crippen molar-refractivity contribution in [3.05, 3.63) is 42.1 Å². The minimum Gasteiger partial charge on any atom is -0.388 e. The van der Waals surface area contributed by atoms with E-state index in [1.807, 2.05) is 43.5 Å². The molecule has 0 amide bonds. The first-order chi connectivity index (χ1) is 9.58. The van der Waals surface area contributed by atoms with E-state index in [1.54, 1.807) is 11.6 Å². The van der Waals surface area contributed by atoms with Crippen LogP contribution in [0.4, 0.5) is 0 Å². The Kier molecular flexibility index (Phi) is 3.33. The third-order valence-corrected chi connectivity index (χ3v) is 3.70. The van der Waals surface area contributed by atoms with E-state index >= 15 is 0 Å². The summed E-state index contributed by atoms with van der Waals surface area (Å²) in [5.41, 5.74) is 2.88. The molecule has 2 heterocycles. The molecule has 1 fully saturated rings. The largest absolute Gasteiger partial charge is 0.388 e. The van der Waals surface area contributed by atoms with E-state index < -0.39 is 24.5 Å². The Morgan fingerprint density at radius 1 is 1.15 bits per heavy atom. The highest BCUT2D eigenvalue weighted by Gasteiger charge is 2.41. The van der Waals surface area contributed by atoms with Crippen molar-refractivity contribution in [1.29, 1.82) is 0 Å². The van der Waals surface area contributed by atoms with Crippen molar-refractivity contribution < 1.29 is 14.9 Å². The second-order valence-electron chi connectivity index (χ2n) is 5.22. The van der Waals surface area contributed by atoms with Crippen LogP contribution < -0.4 is 0 Å². The van der Waals surface area contributed by atoms with Crippen LogP contribution in [0.15, 0.2) is 36.5 Å². The zero-order valence-electron chi connectivity index (χ0n) is 11.5. The maximum atomic E-state index is 10.0. The van der Waals surface area contributed by atoms with Gasteiger partial charge < -0.3 is 14.9 Å². The summed E-state index contributed by atoms with van der Waals surface area (Å²) in [6, 6.07) is 9.85. The van der Waals surface area contributed by atoms with Crippen molar-refractivity contribution in [2.45, 2.75) is 38.4 Å². The molecular formula is C15H18N2O3. The van der Waals surface area contributed by atoms with Crippen molar-refractivity contribution in [3.8, 4) is 11.3 Å². The van der Waals surface area contributed by atoms with Crippen molar-refractivity contribution in [2.75, 3.05) is 0 Å². The summed E-state index contributed by atoms with van der Waals surface area (Å²) in [5, 5.41) is 24.3. The number of benzene rings is 1. The van der Waals surface area contributed by atoms with E-state index in [0.29, 0.717) is 0 Å². The molecule has 0 saturated carbocycles. The second-order valence-corrected chi connectivity index (χ2v) is 5.22. The molecule has 0 radical (unpaired) electrons. The Morgan fingerprint density at radius 2 is 1.85 bits per heavy atom. The smallest absolute Gasteiger partial charge is 0.178 e. The molecule has 1 aromatic heterocycles. The van der Waals surface area contributed by atoms with E-state index in [1.165, 1.54) is 0 Å². The predicted molar refractivity (Wildman–Crippen MR) is 74.0 cm³/mol. The Hall–Kier alpha value is -1.69. The van der Waals surface area contributed by atoms with Gasteiger partial charge in [0.15, 0.2) is 6.23 Å². The number of hydrogen-bond acceptors (Lipinski definition) is 4. The van der Waals surface area contributed by atoms with E-state index in [9.17, 15) is 10.2 Å². The summed E-state index contributed by atoms with van der Waals surface area (Å²) in [4.78, 5) is 0. The second kappa shape index (κ2) is 5.01. The lowest BCUT2D eigenvalue weighted by Crippen LogP contribution is -2.30. The zero-order chi connectivity index (χ0) is 14.3. The highest BCUT2D eigenvalue weighted by Crippen LogP contribution is 2.31. The lowest BCUT2D eigenvalue weighted by atomic mass is 10.1. The van der Waals surface area contributed by atoms with Gasteiger partial charge in [-0.25, -0.2) is 4.68 Å². The van der Waals surface area contributed by atoms with Crippen LogP contribution in [0.3, 0.4) is 0 Å². The van der Waals surface area contributed by atoms with Crippen LogP contribution in [-0.2, 0) is 4.74 Å². The summed E-state index contributed by atoms with van der Waals surface area (Å²) in [6.45, 7) is 3.70. The van der Waals surface area contributed by atoms with Gasteiger partial charge in [0.25, 0.3) is 0 Å². The summed E-state index contributed by atoms with van der Waals surface area (Å²) in [5.74, 6) is 0. The maximum absolute atomic E-state index is 10.0. The van der Waals surface area contributed by atoms with Crippen LogP contribution in [0.1, 0.15) is 18.7 Å². The van der Waals surface area contributed by atoms with Gasteiger partial charge in [0.2, 0.25) is 0 Å². The first-order valence-corrected chi connectivity index (χ1v) is 6.70. The highest BCUT2D eigenvalue weighted by molar-refractivity contribution is 5.62. The molecule has 4 atom stereocenters. The number of hydrogen-bond donors (Lipinski definition) is 2. The molecule has 2 N–H and O–H groups in total. The van der Waals surface area contributed by atoms with Gasteiger partial charge in [-0.1, -0.05) is 30.3 Å². The fraction of sp³-hybridized carbons (Fsp3) is 0.400.